The number of ether oxygens (including phenoxy) is 2. The highest BCUT2D eigenvalue weighted by Crippen LogP contribution is 2.35. The Bertz CT molecular complexity index is 924. The topological polar surface area (TPSA) is 51.1 Å². The van der Waals surface area contributed by atoms with Crippen LogP contribution in [0.4, 0.5) is 5.69 Å². The van der Waals surface area contributed by atoms with Crippen molar-refractivity contribution in [2.75, 3.05) is 11.8 Å². The van der Waals surface area contributed by atoms with Crippen LogP contribution in [0.25, 0.3) is 6.08 Å². The number of hydrogen-bond donors (Lipinski definition) is 0. The lowest BCUT2D eigenvalue weighted by molar-refractivity contribution is -0.114. The summed E-state index contributed by atoms with van der Waals surface area (Å²) >= 11 is 0. The normalized spacial score (nSPS) is 17.8. The van der Waals surface area contributed by atoms with Gasteiger partial charge in [-0.3, -0.25) is 4.79 Å². The molecule has 2 aliphatic rings. The molecule has 132 valence electrons. The number of para-hydroxylation sites is 1. The minimum Gasteiger partial charge on any atom is -0.454 e. The standard InChI is InChI=1S/C21H20N2O3/c1-21(2,3)19-16(11-14-9-10-17-18(12-14)26-13-25-17)20(24)23(22-19)15-7-5-4-6-8-15/h4-12H,13H2,1-3H3/b16-11+. The van der Waals surface area contributed by atoms with Gasteiger partial charge in [0.05, 0.1) is 17.0 Å². The van der Waals surface area contributed by atoms with Crippen LogP contribution in [0.5, 0.6) is 11.5 Å². The van der Waals surface area contributed by atoms with Crippen molar-refractivity contribution in [3.8, 4) is 11.5 Å². The Morgan fingerprint density at radius 3 is 2.50 bits per heavy atom. The second kappa shape index (κ2) is 6.02. The summed E-state index contributed by atoms with van der Waals surface area (Å²) < 4.78 is 10.8. The monoisotopic (exact) mass is 348 g/mol. The summed E-state index contributed by atoms with van der Waals surface area (Å²) in [6.07, 6.45) is 1.87. The number of carbonyl (C=O) groups is 1. The molecule has 4 rings (SSSR count). The Morgan fingerprint density at radius 2 is 1.77 bits per heavy atom. The Hall–Kier alpha value is -3.08. The van der Waals surface area contributed by atoms with Gasteiger partial charge in [-0.05, 0) is 35.9 Å². The van der Waals surface area contributed by atoms with Crippen LogP contribution in [0, 0.1) is 5.41 Å². The van der Waals surface area contributed by atoms with Gasteiger partial charge in [0, 0.05) is 5.41 Å². The first-order valence-corrected chi connectivity index (χ1v) is 8.54. The van der Waals surface area contributed by atoms with Crippen LogP contribution in [0.15, 0.2) is 59.2 Å². The van der Waals surface area contributed by atoms with Crippen LogP contribution in [0.1, 0.15) is 26.3 Å². The molecule has 0 aromatic heterocycles. The van der Waals surface area contributed by atoms with Crippen molar-refractivity contribution in [2.24, 2.45) is 10.5 Å². The first-order valence-electron chi connectivity index (χ1n) is 8.54. The van der Waals surface area contributed by atoms with Gasteiger partial charge in [-0.2, -0.15) is 10.1 Å². The lowest BCUT2D eigenvalue weighted by atomic mass is 9.85. The molecular formula is C21H20N2O3. The van der Waals surface area contributed by atoms with Crippen molar-refractivity contribution in [1.82, 2.24) is 0 Å². The molecule has 0 atom stereocenters. The van der Waals surface area contributed by atoms with E-state index in [0.29, 0.717) is 11.3 Å². The van der Waals surface area contributed by atoms with E-state index in [1.54, 1.807) is 0 Å². The first-order chi connectivity index (χ1) is 12.4. The Kier molecular flexibility index (Phi) is 3.80. The van der Waals surface area contributed by atoms with Crippen molar-refractivity contribution in [3.05, 3.63) is 59.7 Å². The van der Waals surface area contributed by atoms with Gasteiger partial charge in [-0.1, -0.05) is 45.0 Å². The summed E-state index contributed by atoms with van der Waals surface area (Å²) in [6, 6.07) is 15.1. The molecule has 0 fully saturated rings. The predicted molar refractivity (Wildman–Crippen MR) is 101 cm³/mol. The van der Waals surface area contributed by atoms with Crippen LogP contribution in [-0.2, 0) is 4.79 Å². The molecule has 5 heteroatoms. The number of hydrazone groups is 1. The van der Waals surface area contributed by atoms with Crippen molar-refractivity contribution in [2.45, 2.75) is 20.8 Å². The van der Waals surface area contributed by atoms with Gasteiger partial charge in [0.2, 0.25) is 6.79 Å². The zero-order chi connectivity index (χ0) is 18.3. The molecule has 2 aliphatic heterocycles. The molecule has 0 saturated heterocycles. The molecule has 0 saturated carbocycles. The van der Waals surface area contributed by atoms with E-state index in [0.717, 1.165) is 22.7 Å². The molecule has 2 aromatic rings. The smallest absolute Gasteiger partial charge is 0.280 e. The highest BCUT2D eigenvalue weighted by atomic mass is 16.7. The number of carbonyl (C=O) groups excluding carboxylic acids is 1. The van der Waals surface area contributed by atoms with E-state index in [1.165, 1.54) is 5.01 Å². The average molecular weight is 348 g/mol. The van der Waals surface area contributed by atoms with E-state index in [2.05, 4.69) is 25.9 Å². The first kappa shape index (κ1) is 16.4. The van der Waals surface area contributed by atoms with Gasteiger partial charge in [0.25, 0.3) is 5.91 Å². The van der Waals surface area contributed by atoms with E-state index in [1.807, 2.05) is 54.6 Å². The van der Waals surface area contributed by atoms with Gasteiger partial charge in [-0.15, -0.1) is 0 Å². The molecule has 5 nitrogen and oxygen atoms in total. The van der Waals surface area contributed by atoms with Gasteiger partial charge in [-0.25, -0.2) is 0 Å². The number of fused-ring (bicyclic) bond motifs is 1. The van der Waals surface area contributed by atoms with Crippen molar-refractivity contribution >= 4 is 23.4 Å². The maximum absolute atomic E-state index is 13.1. The number of amides is 1. The Balaban J connectivity index is 1.77. The fourth-order valence-electron chi connectivity index (χ4n) is 3.01. The minimum absolute atomic E-state index is 0.126. The molecule has 1 amide bonds. The molecule has 0 N–H and O–H groups in total. The molecule has 0 bridgehead atoms. The van der Waals surface area contributed by atoms with Gasteiger partial charge in [0.1, 0.15) is 0 Å². The maximum Gasteiger partial charge on any atom is 0.280 e. The second-order valence-electron chi connectivity index (χ2n) is 7.32. The van der Waals surface area contributed by atoms with Gasteiger partial charge in [0.15, 0.2) is 11.5 Å². The number of hydrogen-bond acceptors (Lipinski definition) is 4. The molecule has 0 radical (unpaired) electrons. The minimum atomic E-state index is -0.263. The molecule has 2 heterocycles. The third-order valence-electron chi connectivity index (χ3n) is 4.30. The number of rotatable bonds is 2. The van der Waals surface area contributed by atoms with Crippen LogP contribution >= 0.6 is 0 Å². The number of anilines is 1. The van der Waals surface area contributed by atoms with E-state index in [-0.39, 0.29) is 18.1 Å². The quantitative estimate of drug-likeness (QED) is 0.763. The molecule has 26 heavy (non-hydrogen) atoms. The van der Waals surface area contributed by atoms with Crippen molar-refractivity contribution in [3.63, 3.8) is 0 Å². The molecule has 0 spiro atoms. The Labute approximate surface area is 152 Å². The van der Waals surface area contributed by atoms with Gasteiger partial charge >= 0.3 is 0 Å². The summed E-state index contributed by atoms with van der Waals surface area (Å²) in [7, 11) is 0. The molecule has 2 aromatic carbocycles. The highest BCUT2D eigenvalue weighted by Gasteiger charge is 2.37. The average Bonchev–Trinajstić information content (AvgIpc) is 3.20. The third-order valence-corrected chi connectivity index (χ3v) is 4.30. The lowest BCUT2D eigenvalue weighted by Crippen LogP contribution is -2.24. The molecular weight excluding hydrogens is 328 g/mol. The summed E-state index contributed by atoms with van der Waals surface area (Å²) in [5.74, 6) is 1.29. The van der Waals surface area contributed by atoms with Crippen molar-refractivity contribution in [1.29, 1.82) is 0 Å². The summed E-state index contributed by atoms with van der Waals surface area (Å²) in [4.78, 5) is 13.1. The zero-order valence-corrected chi connectivity index (χ0v) is 15.0. The van der Waals surface area contributed by atoms with Crippen LogP contribution in [0.2, 0.25) is 0 Å². The van der Waals surface area contributed by atoms with Crippen molar-refractivity contribution < 1.29 is 14.3 Å². The summed E-state index contributed by atoms with van der Waals surface area (Å²) in [5.41, 5.74) is 2.74. The largest absolute Gasteiger partial charge is 0.454 e. The van der Waals surface area contributed by atoms with E-state index < -0.39 is 0 Å². The lowest BCUT2D eigenvalue weighted by Gasteiger charge is -2.18. The fraction of sp³-hybridized carbons (Fsp3) is 0.238. The molecule has 0 unspecified atom stereocenters. The maximum atomic E-state index is 13.1. The van der Waals surface area contributed by atoms with Gasteiger partial charge < -0.3 is 9.47 Å². The molecule has 0 aliphatic carbocycles. The second-order valence-corrected chi connectivity index (χ2v) is 7.32. The van der Waals surface area contributed by atoms with Crippen LogP contribution in [-0.4, -0.2) is 18.4 Å². The van der Waals surface area contributed by atoms with E-state index in [9.17, 15) is 4.79 Å². The van der Waals surface area contributed by atoms with Crippen LogP contribution in [0.3, 0.4) is 0 Å². The van der Waals surface area contributed by atoms with Crippen LogP contribution < -0.4 is 14.5 Å². The van der Waals surface area contributed by atoms with E-state index in [4.69, 9.17) is 9.47 Å². The number of benzene rings is 2. The predicted octanol–water partition coefficient (Wildman–Crippen LogP) is 4.25. The SMILES string of the molecule is CC(C)(C)C1=NN(c2ccccc2)C(=O)/C1=C/c1ccc2c(c1)OCO2. The third kappa shape index (κ3) is 2.86. The Morgan fingerprint density at radius 1 is 1.04 bits per heavy atom. The summed E-state index contributed by atoms with van der Waals surface area (Å²) in [6.45, 7) is 6.40. The highest BCUT2D eigenvalue weighted by molar-refractivity contribution is 6.34. The summed E-state index contributed by atoms with van der Waals surface area (Å²) in [5, 5.41) is 6.11. The number of nitrogens with zero attached hydrogens (tertiary/aromatic N) is 2. The zero-order valence-electron chi connectivity index (χ0n) is 15.0. The fourth-order valence-corrected chi connectivity index (χ4v) is 3.01. The van der Waals surface area contributed by atoms with E-state index >= 15 is 0 Å².